The van der Waals surface area contributed by atoms with E-state index >= 15 is 0 Å². The Morgan fingerprint density at radius 3 is 2.42 bits per heavy atom. The van der Waals surface area contributed by atoms with E-state index in [4.69, 9.17) is 18.6 Å². The van der Waals surface area contributed by atoms with E-state index in [2.05, 4.69) is 25.8 Å². The number of rotatable bonds is 10. The van der Waals surface area contributed by atoms with E-state index in [0.717, 1.165) is 4.57 Å². The zero-order chi connectivity index (χ0) is 29.6. The van der Waals surface area contributed by atoms with E-state index < -0.39 is 52.6 Å². The van der Waals surface area contributed by atoms with E-state index in [1.54, 1.807) is 20.8 Å². The van der Waals surface area contributed by atoms with Crippen molar-refractivity contribution in [3.05, 3.63) is 69.3 Å². The highest BCUT2D eigenvalue weighted by molar-refractivity contribution is 5.95. The number of amides is 2. The molecule has 0 spiro atoms. The van der Waals surface area contributed by atoms with Gasteiger partial charge in [-0.15, -0.1) is 10.2 Å². The first-order valence-corrected chi connectivity index (χ1v) is 12.1. The molecule has 0 aliphatic heterocycles. The second-order valence-electron chi connectivity index (χ2n) is 8.98. The number of aromatic nitrogens is 4. The molecule has 0 radical (unpaired) electrons. The molecule has 2 N–H and O–H groups in total. The molecular weight excluding hydrogens is 531 g/mol. The molecule has 40 heavy (non-hydrogen) atoms. The Hall–Kier alpha value is -4.82. The Kier molecular flexibility index (Phi) is 9.19. The average molecular weight is 561 g/mol. The minimum Gasteiger partial charge on any atom is -0.447 e. The normalized spacial score (nSPS) is 11.9. The van der Waals surface area contributed by atoms with Gasteiger partial charge in [-0.05, 0) is 38.5 Å². The Morgan fingerprint density at radius 1 is 1.15 bits per heavy atom. The Balaban J connectivity index is 1.99. The van der Waals surface area contributed by atoms with Gasteiger partial charge in [-0.3, -0.25) is 19.0 Å². The van der Waals surface area contributed by atoms with Crippen molar-refractivity contribution in [1.82, 2.24) is 30.4 Å². The molecule has 2 heterocycles. The average Bonchev–Trinajstić information content (AvgIpc) is 3.32. The number of hydrogen-bond acceptors (Lipinski definition) is 11. The predicted molar refractivity (Wildman–Crippen MR) is 135 cm³/mol. The van der Waals surface area contributed by atoms with Gasteiger partial charge in [0.1, 0.15) is 11.6 Å². The van der Waals surface area contributed by atoms with Gasteiger partial charge in [0.05, 0.1) is 12.1 Å². The van der Waals surface area contributed by atoms with Crippen LogP contribution in [0.3, 0.4) is 0 Å². The van der Waals surface area contributed by atoms with E-state index in [1.165, 1.54) is 45.2 Å². The van der Waals surface area contributed by atoms with Crippen LogP contribution in [0.15, 0.2) is 33.5 Å². The summed E-state index contributed by atoms with van der Waals surface area (Å²) in [5, 5.41) is 12.5. The van der Waals surface area contributed by atoms with Crippen molar-refractivity contribution in [2.24, 2.45) is 7.05 Å². The van der Waals surface area contributed by atoms with Crippen molar-refractivity contribution in [1.29, 1.82) is 0 Å². The highest BCUT2D eigenvalue weighted by Crippen LogP contribution is 2.22. The molecular formula is C25H29FN6O8. The fourth-order valence-corrected chi connectivity index (χ4v) is 3.53. The molecule has 0 aliphatic rings. The molecule has 0 bridgehead atoms. The summed E-state index contributed by atoms with van der Waals surface area (Å²) in [6, 6.07) is 5.41. The maximum atomic E-state index is 13.4. The molecule has 214 valence electrons. The molecule has 2 amide bonds. The quantitative estimate of drug-likeness (QED) is 0.274. The largest absolute Gasteiger partial charge is 0.511 e. The third-order valence-electron chi connectivity index (χ3n) is 5.34. The predicted octanol–water partition coefficient (Wildman–Crippen LogP) is 2.10. The molecule has 15 heteroatoms. The zero-order valence-corrected chi connectivity index (χ0v) is 22.7. The summed E-state index contributed by atoms with van der Waals surface area (Å²) < 4.78 is 34.7. The Labute approximate surface area is 227 Å². The van der Waals surface area contributed by atoms with Gasteiger partial charge in [0.2, 0.25) is 17.9 Å². The maximum absolute atomic E-state index is 13.4. The molecule has 0 saturated heterocycles. The van der Waals surface area contributed by atoms with Crippen LogP contribution in [0.25, 0.3) is 0 Å². The molecule has 0 aliphatic carbocycles. The number of carbonyl (C=O) groups excluding carboxylic acids is 3. The number of ether oxygens (including phenoxy) is 3. The molecule has 3 aromatic rings. The summed E-state index contributed by atoms with van der Waals surface area (Å²) in [5.74, 6) is -2.68. The first-order valence-electron chi connectivity index (χ1n) is 12.1. The van der Waals surface area contributed by atoms with Gasteiger partial charge in [0.15, 0.2) is 5.69 Å². The van der Waals surface area contributed by atoms with Crippen LogP contribution in [0.4, 0.5) is 9.18 Å². The number of hydrogen-bond donors (Lipinski definition) is 2. The molecule has 1 aromatic carbocycles. The van der Waals surface area contributed by atoms with Gasteiger partial charge in [0.25, 0.3) is 11.5 Å². The smallest absolute Gasteiger partial charge is 0.447 e. The first-order chi connectivity index (χ1) is 18.8. The van der Waals surface area contributed by atoms with E-state index in [0.29, 0.717) is 5.56 Å². The van der Waals surface area contributed by atoms with E-state index in [-0.39, 0.29) is 30.8 Å². The molecule has 14 nitrogen and oxygen atoms in total. The van der Waals surface area contributed by atoms with Crippen LogP contribution in [0.2, 0.25) is 0 Å². The van der Waals surface area contributed by atoms with Gasteiger partial charge in [-0.25, -0.2) is 14.2 Å². The summed E-state index contributed by atoms with van der Waals surface area (Å²) in [5.41, 5.74) is -2.03. The van der Waals surface area contributed by atoms with Crippen molar-refractivity contribution < 1.29 is 37.4 Å². The molecule has 1 unspecified atom stereocenters. The lowest BCUT2D eigenvalue weighted by molar-refractivity contribution is -0.0531. The topological polar surface area (TPSA) is 177 Å². The molecule has 1 atom stereocenters. The number of carbonyl (C=O) groups is 3. The van der Waals surface area contributed by atoms with E-state index in [1.807, 2.05) is 0 Å². The Bertz CT molecular complexity index is 1450. The summed E-state index contributed by atoms with van der Waals surface area (Å²) in [6.07, 6.45) is -2.38. The van der Waals surface area contributed by atoms with Crippen molar-refractivity contribution in [3.8, 4) is 5.75 Å². The first kappa shape index (κ1) is 29.7. The number of aryl methyl sites for hydroxylation is 1. The summed E-state index contributed by atoms with van der Waals surface area (Å²) in [4.78, 5) is 55.5. The highest BCUT2D eigenvalue weighted by atomic mass is 19.1. The SMILES string of the molecule is CCOC(=O)OC(C)Oc1c(C(=O)NCc2ccc(F)cc2)nc(C(C)(C)NC(=O)c2nnc(C)o2)n(C)c1=O. The van der Waals surface area contributed by atoms with Crippen LogP contribution < -0.4 is 20.9 Å². The van der Waals surface area contributed by atoms with E-state index in [9.17, 15) is 23.6 Å². The number of halogens is 1. The zero-order valence-electron chi connectivity index (χ0n) is 22.7. The second-order valence-corrected chi connectivity index (χ2v) is 8.98. The van der Waals surface area contributed by atoms with Crippen molar-refractivity contribution in [3.63, 3.8) is 0 Å². The van der Waals surface area contributed by atoms with Gasteiger partial charge >= 0.3 is 18.0 Å². The van der Waals surface area contributed by atoms with Crippen LogP contribution in [-0.4, -0.2) is 50.6 Å². The fraction of sp³-hybridized carbons (Fsp3) is 0.400. The number of benzene rings is 1. The second kappa shape index (κ2) is 12.4. The lowest BCUT2D eigenvalue weighted by Crippen LogP contribution is -2.46. The molecule has 0 saturated carbocycles. The van der Waals surface area contributed by atoms with Crippen LogP contribution in [0.1, 0.15) is 66.1 Å². The van der Waals surface area contributed by atoms with Gasteiger partial charge in [-0.2, -0.15) is 0 Å². The third kappa shape index (κ3) is 7.18. The lowest BCUT2D eigenvalue weighted by Gasteiger charge is -2.28. The minimum atomic E-state index is -1.34. The van der Waals surface area contributed by atoms with Crippen molar-refractivity contribution in [2.45, 2.75) is 53.0 Å². The minimum absolute atomic E-state index is 0.0275. The highest BCUT2D eigenvalue weighted by Gasteiger charge is 2.34. The number of nitrogens with one attached hydrogen (secondary N) is 2. The van der Waals surface area contributed by atoms with Crippen molar-refractivity contribution in [2.75, 3.05) is 6.61 Å². The summed E-state index contributed by atoms with van der Waals surface area (Å²) >= 11 is 0. The van der Waals surface area contributed by atoms with Crippen LogP contribution in [0, 0.1) is 12.7 Å². The maximum Gasteiger partial charge on any atom is 0.511 e. The summed E-state index contributed by atoms with van der Waals surface area (Å²) in [6.45, 7) is 7.52. The molecule has 3 rings (SSSR count). The van der Waals surface area contributed by atoms with Gasteiger partial charge in [0, 0.05) is 27.4 Å². The Morgan fingerprint density at radius 2 is 1.82 bits per heavy atom. The van der Waals surface area contributed by atoms with Crippen molar-refractivity contribution >= 4 is 18.0 Å². The number of nitrogens with zero attached hydrogens (tertiary/aromatic N) is 4. The lowest BCUT2D eigenvalue weighted by atomic mass is 10.0. The monoisotopic (exact) mass is 560 g/mol. The fourth-order valence-electron chi connectivity index (χ4n) is 3.53. The third-order valence-corrected chi connectivity index (χ3v) is 5.34. The summed E-state index contributed by atoms with van der Waals surface area (Å²) in [7, 11) is 1.36. The van der Waals surface area contributed by atoms with Gasteiger partial charge in [-0.1, -0.05) is 12.1 Å². The standard InChI is InChI=1S/C25H29FN6O8/c1-7-37-24(36)40-14(3)39-18-17(19(33)27-12-15-8-10-16(26)11-9-15)28-23(32(6)22(18)35)25(4,5)29-20(34)21-31-30-13(2)38-21/h8-11,14H,7,12H2,1-6H3,(H,27,33)(H,29,34). The van der Waals surface area contributed by atoms with Crippen LogP contribution in [0.5, 0.6) is 5.75 Å². The molecule has 0 fully saturated rings. The van der Waals surface area contributed by atoms with Crippen LogP contribution in [-0.2, 0) is 28.6 Å². The van der Waals surface area contributed by atoms with Crippen LogP contribution >= 0.6 is 0 Å². The van der Waals surface area contributed by atoms with Gasteiger partial charge < -0.3 is 29.3 Å². The molecule has 2 aromatic heterocycles.